The fourth-order valence-electron chi connectivity index (χ4n) is 3.45. The summed E-state index contributed by atoms with van der Waals surface area (Å²) in [6.45, 7) is 1.38. The molecule has 1 aromatic carbocycles. The highest BCUT2D eigenvalue weighted by atomic mass is 32.2. The molecule has 0 saturated carbocycles. The lowest BCUT2D eigenvalue weighted by atomic mass is 9.83. The molecule has 2 aliphatic rings. The van der Waals surface area contributed by atoms with Gasteiger partial charge in [0.2, 0.25) is 5.91 Å². The van der Waals surface area contributed by atoms with E-state index in [0.717, 1.165) is 0 Å². The minimum absolute atomic E-state index is 0.0607. The van der Waals surface area contributed by atoms with Crippen molar-refractivity contribution >= 4 is 29.3 Å². The molecular weight excluding hydrogens is 388 g/mol. The normalized spacial score (nSPS) is 22.0. The monoisotopic (exact) mass is 408 g/mol. The van der Waals surface area contributed by atoms with E-state index in [1.54, 1.807) is 6.92 Å². The number of amides is 1. The highest BCUT2D eigenvalue weighted by Gasteiger charge is 2.56. The van der Waals surface area contributed by atoms with Crippen LogP contribution in [0.4, 0.5) is 5.69 Å². The third-order valence-electron chi connectivity index (χ3n) is 4.77. The second kappa shape index (κ2) is 8.29. The Labute approximate surface area is 165 Å². The number of fused-ring (bicyclic) bond motifs is 1. The molecule has 3 atom stereocenters. The van der Waals surface area contributed by atoms with E-state index in [1.165, 1.54) is 40.9 Å². The molecule has 0 radical (unpaired) electrons. The summed E-state index contributed by atoms with van der Waals surface area (Å²) in [7, 11) is 0. The van der Waals surface area contributed by atoms with E-state index in [2.05, 4.69) is 0 Å². The summed E-state index contributed by atoms with van der Waals surface area (Å²) in [6.07, 6.45) is -0.373. The zero-order valence-electron chi connectivity index (χ0n) is 15.1. The molecular formula is C18H20N2O7S. The maximum Gasteiger partial charge on any atom is 0.356 e. The Hall–Kier alpha value is -2.43. The van der Waals surface area contributed by atoms with Crippen molar-refractivity contribution < 1.29 is 29.5 Å². The van der Waals surface area contributed by atoms with Crippen LogP contribution in [0.2, 0.25) is 0 Å². The molecule has 150 valence electrons. The number of carbonyl (C=O) groups excluding carboxylic acids is 2. The van der Waals surface area contributed by atoms with Crippen LogP contribution in [0.15, 0.2) is 34.9 Å². The predicted octanol–water partition coefficient (Wildman–Crippen LogP) is 1.19. The standard InChI is InChI=1S/C18H20N2O7S/c1-10(22)15-13-8-14(28-7-6-21)16(19(13)17(15)23)18(24)27-9-11-2-4-12(5-3-11)20(25)26/h2-5,10,13,15,21-22H,6-9H2,1H3/t10-,13+,15+/m0/s1. The van der Waals surface area contributed by atoms with Crippen LogP contribution in [-0.2, 0) is 20.9 Å². The number of aliphatic hydroxyl groups excluding tert-OH is 2. The number of esters is 1. The van der Waals surface area contributed by atoms with Gasteiger partial charge in [-0.25, -0.2) is 4.79 Å². The van der Waals surface area contributed by atoms with Gasteiger partial charge in [0.1, 0.15) is 12.3 Å². The van der Waals surface area contributed by atoms with E-state index >= 15 is 0 Å². The molecule has 0 aromatic heterocycles. The van der Waals surface area contributed by atoms with Gasteiger partial charge in [-0.15, -0.1) is 11.8 Å². The van der Waals surface area contributed by atoms with Crippen LogP contribution >= 0.6 is 11.8 Å². The average molecular weight is 408 g/mol. The van der Waals surface area contributed by atoms with E-state index in [1.807, 2.05) is 0 Å². The molecule has 0 aliphatic carbocycles. The molecule has 0 unspecified atom stereocenters. The Kier molecular flexibility index (Phi) is 6.01. The van der Waals surface area contributed by atoms with Crippen LogP contribution < -0.4 is 0 Å². The first-order valence-corrected chi connectivity index (χ1v) is 9.72. The van der Waals surface area contributed by atoms with Gasteiger partial charge in [0, 0.05) is 29.2 Å². The first-order valence-electron chi connectivity index (χ1n) is 8.73. The minimum atomic E-state index is -0.812. The predicted molar refractivity (Wildman–Crippen MR) is 99.9 cm³/mol. The number of aliphatic hydroxyl groups is 2. The minimum Gasteiger partial charge on any atom is -0.456 e. The average Bonchev–Trinajstić information content (AvgIpc) is 2.98. The van der Waals surface area contributed by atoms with Gasteiger partial charge < -0.3 is 19.8 Å². The molecule has 3 rings (SSSR count). The lowest BCUT2D eigenvalue weighted by molar-refractivity contribution is -0.384. The zero-order valence-corrected chi connectivity index (χ0v) is 15.9. The molecule has 2 heterocycles. The van der Waals surface area contributed by atoms with Gasteiger partial charge >= 0.3 is 5.97 Å². The van der Waals surface area contributed by atoms with E-state index in [9.17, 15) is 24.8 Å². The molecule has 2 N–H and O–H groups in total. The van der Waals surface area contributed by atoms with Crippen molar-refractivity contribution in [3.05, 3.63) is 50.5 Å². The summed E-state index contributed by atoms with van der Waals surface area (Å²) in [5.74, 6) is -1.16. The van der Waals surface area contributed by atoms with Crippen LogP contribution in [0, 0.1) is 16.0 Å². The summed E-state index contributed by atoms with van der Waals surface area (Å²) >= 11 is 1.29. The Morgan fingerprint density at radius 1 is 1.43 bits per heavy atom. The number of nitro groups is 1. The van der Waals surface area contributed by atoms with Crippen molar-refractivity contribution in [1.29, 1.82) is 0 Å². The smallest absolute Gasteiger partial charge is 0.356 e. The number of nitro benzene ring substituents is 1. The molecule has 1 saturated heterocycles. The molecule has 28 heavy (non-hydrogen) atoms. The number of carbonyl (C=O) groups is 2. The fraction of sp³-hybridized carbons (Fsp3) is 0.444. The zero-order chi connectivity index (χ0) is 20.4. The maximum atomic E-state index is 12.7. The molecule has 0 spiro atoms. The van der Waals surface area contributed by atoms with E-state index < -0.39 is 22.9 Å². The van der Waals surface area contributed by atoms with E-state index in [-0.39, 0.29) is 36.5 Å². The molecule has 1 fully saturated rings. The first kappa shape index (κ1) is 20.3. The molecule has 1 aromatic rings. The number of non-ortho nitro benzene ring substituents is 1. The quantitative estimate of drug-likeness (QED) is 0.284. The molecule has 1 amide bonds. The molecule has 2 aliphatic heterocycles. The molecule has 9 nitrogen and oxygen atoms in total. The number of ether oxygens (including phenoxy) is 1. The van der Waals surface area contributed by atoms with Crippen molar-refractivity contribution in [2.24, 2.45) is 5.92 Å². The van der Waals surface area contributed by atoms with Crippen LogP contribution in [-0.4, -0.2) is 56.4 Å². The van der Waals surface area contributed by atoms with Gasteiger partial charge in [0.15, 0.2) is 0 Å². The number of hydrogen-bond donors (Lipinski definition) is 2. The van der Waals surface area contributed by atoms with Crippen molar-refractivity contribution in [3.8, 4) is 0 Å². The van der Waals surface area contributed by atoms with Crippen LogP contribution in [0.5, 0.6) is 0 Å². The van der Waals surface area contributed by atoms with Gasteiger partial charge in [0.05, 0.1) is 29.6 Å². The van der Waals surface area contributed by atoms with Crippen LogP contribution in [0.1, 0.15) is 18.9 Å². The fourth-order valence-corrected chi connectivity index (χ4v) is 4.39. The third kappa shape index (κ3) is 3.75. The summed E-state index contributed by atoms with van der Waals surface area (Å²) < 4.78 is 5.32. The Morgan fingerprint density at radius 3 is 2.68 bits per heavy atom. The maximum absolute atomic E-state index is 12.7. The number of benzene rings is 1. The Bertz CT molecular complexity index is 822. The van der Waals surface area contributed by atoms with Gasteiger partial charge in [-0.3, -0.25) is 14.9 Å². The van der Waals surface area contributed by atoms with Gasteiger partial charge in [0.25, 0.3) is 5.69 Å². The summed E-state index contributed by atoms with van der Waals surface area (Å²) in [6, 6.07) is 5.36. The lowest BCUT2D eigenvalue weighted by Crippen LogP contribution is -2.61. The lowest BCUT2D eigenvalue weighted by Gasteiger charge is -2.44. The number of rotatable bonds is 8. The number of β-lactam (4-membered cyclic amide) rings is 1. The highest BCUT2D eigenvalue weighted by molar-refractivity contribution is 8.03. The highest BCUT2D eigenvalue weighted by Crippen LogP contribution is 2.47. The number of thioether (sulfide) groups is 1. The Balaban J connectivity index is 1.72. The second-order valence-corrected chi connectivity index (χ2v) is 7.78. The van der Waals surface area contributed by atoms with Crippen molar-refractivity contribution in [3.63, 3.8) is 0 Å². The largest absolute Gasteiger partial charge is 0.456 e. The van der Waals surface area contributed by atoms with Gasteiger partial charge in [-0.2, -0.15) is 0 Å². The molecule has 10 heteroatoms. The number of nitrogens with zero attached hydrogens (tertiary/aromatic N) is 2. The van der Waals surface area contributed by atoms with Gasteiger partial charge in [-0.1, -0.05) is 0 Å². The summed E-state index contributed by atoms with van der Waals surface area (Å²) in [5.41, 5.74) is 0.678. The van der Waals surface area contributed by atoms with Crippen LogP contribution in [0.3, 0.4) is 0 Å². The van der Waals surface area contributed by atoms with Gasteiger partial charge in [-0.05, 0) is 24.6 Å². The molecule has 0 bridgehead atoms. The van der Waals surface area contributed by atoms with Crippen LogP contribution in [0.25, 0.3) is 0 Å². The van der Waals surface area contributed by atoms with Crippen molar-refractivity contribution in [1.82, 2.24) is 4.90 Å². The van der Waals surface area contributed by atoms with Crippen molar-refractivity contribution in [2.75, 3.05) is 12.4 Å². The first-order chi connectivity index (χ1) is 13.3. The van der Waals surface area contributed by atoms with E-state index in [0.29, 0.717) is 22.6 Å². The second-order valence-electron chi connectivity index (χ2n) is 6.59. The van der Waals surface area contributed by atoms with E-state index in [4.69, 9.17) is 9.84 Å². The van der Waals surface area contributed by atoms with Crippen molar-refractivity contribution in [2.45, 2.75) is 32.1 Å². The summed E-state index contributed by atoms with van der Waals surface area (Å²) in [4.78, 5) is 37.3. The topological polar surface area (TPSA) is 130 Å². The Morgan fingerprint density at radius 2 is 2.11 bits per heavy atom. The summed E-state index contributed by atoms with van der Waals surface area (Å²) in [5, 5.41) is 29.6. The third-order valence-corrected chi connectivity index (χ3v) is 5.86. The number of hydrogen-bond acceptors (Lipinski definition) is 8. The SMILES string of the molecule is C[C@H](O)[C@H]1C(=O)N2C(C(=O)OCc3ccc([N+](=O)[O-])cc3)=C(SCCO)C[C@H]12.